The lowest BCUT2D eigenvalue weighted by molar-refractivity contribution is 0.318. The molecule has 2 nitrogen and oxygen atoms in total. The van der Waals surface area contributed by atoms with Crippen molar-refractivity contribution in [3.05, 3.63) is 53.8 Å². The Kier molecular flexibility index (Phi) is 4.53. The summed E-state index contributed by atoms with van der Waals surface area (Å²) in [6.07, 6.45) is 0.920. The summed E-state index contributed by atoms with van der Waals surface area (Å²) in [6, 6.07) is 12.6. The molecular formula is C16H18FNO. The van der Waals surface area contributed by atoms with Crippen molar-refractivity contribution in [3.63, 3.8) is 0 Å². The Morgan fingerprint density at radius 2 is 1.89 bits per heavy atom. The first kappa shape index (κ1) is 13.6. The summed E-state index contributed by atoms with van der Waals surface area (Å²) in [7, 11) is 0. The second-order valence-electron chi connectivity index (χ2n) is 4.36. The summed E-state index contributed by atoms with van der Waals surface area (Å²) >= 11 is 0. The van der Waals surface area contributed by atoms with Crippen LogP contribution in [0.4, 0.5) is 4.39 Å². The Balaban J connectivity index is 2.40. The van der Waals surface area contributed by atoms with Crippen molar-refractivity contribution >= 4 is 0 Å². The van der Waals surface area contributed by atoms with Gasteiger partial charge in [-0.05, 0) is 24.1 Å². The number of hydrogen-bond donors (Lipinski definition) is 1. The van der Waals surface area contributed by atoms with E-state index < -0.39 is 0 Å². The molecule has 0 fully saturated rings. The fraction of sp³-hybridized carbons (Fsp3) is 0.250. The van der Waals surface area contributed by atoms with Gasteiger partial charge in [0.05, 0.1) is 6.61 Å². The summed E-state index contributed by atoms with van der Waals surface area (Å²) in [5.41, 5.74) is 7.62. The van der Waals surface area contributed by atoms with Crippen molar-refractivity contribution in [1.29, 1.82) is 0 Å². The molecule has 0 atom stereocenters. The average molecular weight is 259 g/mol. The lowest BCUT2D eigenvalue weighted by Crippen LogP contribution is -1.99. The highest BCUT2D eigenvalue weighted by Gasteiger charge is 2.10. The van der Waals surface area contributed by atoms with Crippen LogP contribution in [0.1, 0.15) is 18.9 Å². The number of rotatable bonds is 5. The van der Waals surface area contributed by atoms with Gasteiger partial charge >= 0.3 is 0 Å². The number of hydrogen-bond acceptors (Lipinski definition) is 2. The first-order valence-corrected chi connectivity index (χ1v) is 6.47. The molecule has 0 saturated heterocycles. The van der Waals surface area contributed by atoms with Crippen molar-refractivity contribution in [1.82, 2.24) is 0 Å². The number of halogens is 1. The maximum absolute atomic E-state index is 14.1. The van der Waals surface area contributed by atoms with E-state index in [9.17, 15) is 4.39 Å². The molecule has 100 valence electrons. The number of para-hydroxylation sites is 1. The normalized spacial score (nSPS) is 10.5. The van der Waals surface area contributed by atoms with Gasteiger partial charge in [0.15, 0.2) is 0 Å². The Bertz CT molecular complexity index is 554. The van der Waals surface area contributed by atoms with E-state index in [4.69, 9.17) is 10.5 Å². The van der Waals surface area contributed by atoms with Crippen LogP contribution in [0.2, 0.25) is 0 Å². The lowest BCUT2D eigenvalue weighted by Gasteiger charge is -2.12. The van der Waals surface area contributed by atoms with E-state index in [0.717, 1.165) is 17.5 Å². The van der Waals surface area contributed by atoms with Crippen LogP contribution >= 0.6 is 0 Å². The Labute approximate surface area is 113 Å². The molecule has 0 aliphatic carbocycles. The zero-order valence-electron chi connectivity index (χ0n) is 11.0. The highest BCUT2D eigenvalue weighted by molar-refractivity contribution is 5.71. The second-order valence-corrected chi connectivity index (χ2v) is 4.36. The molecule has 0 aromatic heterocycles. The standard InChI is InChI=1S/C16H18FNO/c1-2-9-19-16-6-4-3-5-14(16)13-8-7-12(11-18)10-15(13)17/h3-8,10H,2,9,11,18H2,1H3. The van der Waals surface area contributed by atoms with E-state index in [2.05, 4.69) is 0 Å². The zero-order valence-corrected chi connectivity index (χ0v) is 11.0. The van der Waals surface area contributed by atoms with Crippen molar-refractivity contribution in [2.24, 2.45) is 5.73 Å². The SMILES string of the molecule is CCCOc1ccccc1-c1ccc(CN)cc1F. The van der Waals surface area contributed by atoms with Gasteiger partial charge in [-0.15, -0.1) is 0 Å². The average Bonchev–Trinajstić information content (AvgIpc) is 2.45. The molecule has 2 rings (SSSR count). The van der Waals surface area contributed by atoms with Crippen molar-refractivity contribution < 1.29 is 9.13 Å². The van der Waals surface area contributed by atoms with E-state index in [1.54, 1.807) is 6.07 Å². The molecule has 3 heteroatoms. The van der Waals surface area contributed by atoms with E-state index in [1.807, 2.05) is 37.3 Å². The van der Waals surface area contributed by atoms with Crippen LogP contribution in [0, 0.1) is 5.82 Å². The van der Waals surface area contributed by atoms with Crippen molar-refractivity contribution in [2.45, 2.75) is 19.9 Å². The largest absolute Gasteiger partial charge is 0.493 e. The van der Waals surface area contributed by atoms with E-state index in [1.165, 1.54) is 6.07 Å². The summed E-state index contributed by atoms with van der Waals surface area (Å²) in [6.45, 7) is 3.00. The van der Waals surface area contributed by atoms with Gasteiger partial charge in [0.2, 0.25) is 0 Å². The topological polar surface area (TPSA) is 35.2 Å². The van der Waals surface area contributed by atoms with Crippen LogP contribution in [-0.2, 0) is 6.54 Å². The first-order valence-electron chi connectivity index (χ1n) is 6.47. The third-order valence-electron chi connectivity index (χ3n) is 2.91. The molecule has 19 heavy (non-hydrogen) atoms. The van der Waals surface area contributed by atoms with Crippen LogP contribution in [0.3, 0.4) is 0 Å². The number of ether oxygens (including phenoxy) is 1. The molecule has 0 saturated carbocycles. The summed E-state index contributed by atoms with van der Waals surface area (Å²) in [5, 5.41) is 0. The maximum atomic E-state index is 14.1. The summed E-state index contributed by atoms with van der Waals surface area (Å²) in [5.74, 6) is 0.444. The van der Waals surface area contributed by atoms with Crippen LogP contribution in [0.15, 0.2) is 42.5 Å². The van der Waals surface area contributed by atoms with Crippen LogP contribution in [0.25, 0.3) is 11.1 Å². The van der Waals surface area contributed by atoms with Gasteiger partial charge in [-0.2, -0.15) is 0 Å². The Morgan fingerprint density at radius 1 is 1.11 bits per heavy atom. The zero-order chi connectivity index (χ0) is 13.7. The fourth-order valence-corrected chi connectivity index (χ4v) is 1.93. The lowest BCUT2D eigenvalue weighted by atomic mass is 10.0. The third-order valence-corrected chi connectivity index (χ3v) is 2.91. The van der Waals surface area contributed by atoms with Crippen LogP contribution in [0.5, 0.6) is 5.75 Å². The van der Waals surface area contributed by atoms with E-state index >= 15 is 0 Å². The molecule has 0 spiro atoms. The van der Waals surface area contributed by atoms with Gasteiger partial charge in [-0.1, -0.05) is 37.3 Å². The minimum atomic E-state index is -0.268. The predicted molar refractivity (Wildman–Crippen MR) is 75.5 cm³/mol. The monoisotopic (exact) mass is 259 g/mol. The molecule has 2 aromatic carbocycles. The minimum absolute atomic E-state index is 0.268. The molecule has 2 aromatic rings. The highest BCUT2D eigenvalue weighted by Crippen LogP contribution is 2.32. The van der Waals surface area contributed by atoms with Gasteiger partial charge in [0.1, 0.15) is 11.6 Å². The summed E-state index contributed by atoms with van der Waals surface area (Å²) in [4.78, 5) is 0. The highest BCUT2D eigenvalue weighted by atomic mass is 19.1. The molecule has 0 amide bonds. The van der Waals surface area contributed by atoms with Gasteiger partial charge in [-0.3, -0.25) is 0 Å². The third kappa shape index (κ3) is 3.12. The fourth-order valence-electron chi connectivity index (χ4n) is 1.93. The van der Waals surface area contributed by atoms with Gasteiger partial charge in [0, 0.05) is 17.7 Å². The maximum Gasteiger partial charge on any atom is 0.131 e. The molecule has 0 aliphatic rings. The summed E-state index contributed by atoms with van der Waals surface area (Å²) < 4.78 is 19.8. The van der Waals surface area contributed by atoms with Gasteiger partial charge < -0.3 is 10.5 Å². The molecule has 0 radical (unpaired) electrons. The molecule has 0 bridgehead atoms. The van der Waals surface area contributed by atoms with Crippen molar-refractivity contribution in [3.8, 4) is 16.9 Å². The van der Waals surface area contributed by atoms with Gasteiger partial charge in [-0.25, -0.2) is 4.39 Å². The molecule has 0 heterocycles. The predicted octanol–water partition coefficient (Wildman–Crippen LogP) is 3.74. The number of benzene rings is 2. The molecule has 0 unspecified atom stereocenters. The number of nitrogens with two attached hydrogens (primary N) is 1. The quantitative estimate of drug-likeness (QED) is 0.887. The van der Waals surface area contributed by atoms with E-state index in [0.29, 0.717) is 24.5 Å². The van der Waals surface area contributed by atoms with Crippen LogP contribution in [-0.4, -0.2) is 6.61 Å². The van der Waals surface area contributed by atoms with Crippen LogP contribution < -0.4 is 10.5 Å². The van der Waals surface area contributed by atoms with Gasteiger partial charge in [0.25, 0.3) is 0 Å². The first-order chi connectivity index (χ1) is 9.26. The Morgan fingerprint density at radius 3 is 2.58 bits per heavy atom. The molecule has 2 N–H and O–H groups in total. The Hall–Kier alpha value is -1.87. The second kappa shape index (κ2) is 6.34. The minimum Gasteiger partial charge on any atom is -0.493 e. The smallest absolute Gasteiger partial charge is 0.131 e. The van der Waals surface area contributed by atoms with Crippen molar-refractivity contribution in [2.75, 3.05) is 6.61 Å². The van der Waals surface area contributed by atoms with E-state index in [-0.39, 0.29) is 5.82 Å². The molecular weight excluding hydrogens is 241 g/mol. The molecule has 0 aliphatic heterocycles.